The number of nitrogens with zero attached hydrogens (tertiary/aromatic N) is 1. The van der Waals surface area contributed by atoms with Gasteiger partial charge in [0.05, 0.1) is 29.0 Å². The molecule has 0 aliphatic carbocycles. The fraction of sp³-hybridized carbons (Fsp3) is 0.333. The highest BCUT2D eigenvalue weighted by atomic mass is 32.2. The number of anilines is 1. The summed E-state index contributed by atoms with van der Waals surface area (Å²) in [6.07, 6.45) is 3.16. The van der Waals surface area contributed by atoms with Crippen LogP contribution in [0, 0.1) is 0 Å². The molecule has 19 heavy (non-hydrogen) atoms. The Balaban J connectivity index is 2.93. The van der Waals surface area contributed by atoms with Crippen LogP contribution >= 0.6 is 0 Å². The lowest BCUT2D eigenvalue weighted by Gasteiger charge is -2.09. The number of rotatable bonds is 6. The van der Waals surface area contributed by atoms with Gasteiger partial charge in [0.1, 0.15) is 9.84 Å². The number of carboxylic acids is 1. The van der Waals surface area contributed by atoms with Gasteiger partial charge in [0.25, 0.3) is 0 Å². The number of hydrogen-bond donors (Lipinski definition) is 2. The van der Waals surface area contributed by atoms with Crippen LogP contribution in [0.3, 0.4) is 0 Å². The maximum atomic E-state index is 11.6. The summed E-state index contributed by atoms with van der Waals surface area (Å²) in [5.74, 6) is -2.52. The van der Waals surface area contributed by atoms with Gasteiger partial charge in [-0.05, 0) is 6.07 Å². The van der Waals surface area contributed by atoms with Crippen molar-refractivity contribution in [3.8, 4) is 0 Å². The topological polar surface area (TPSA) is 130 Å². The van der Waals surface area contributed by atoms with Crippen LogP contribution in [0.15, 0.2) is 18.5 Å². The molecule has 0 fully saturated rings. The van der Waals surface area contributed by atoms with Crippen molar-refractivity contribution in [2.45, 2.75) is 0 Å². The molecule has 1 rings (SSSR count). The fourth-order valence-electron chi connectivity index (χ4n) is 1.14. The number of carboxylic acid groups (broad SMARTS) is 1. The summed E-state index contributed by atoms with van der Waals surface area (Å²) in [4.78, 5) is 14.5. The highest BCUT2D eigenvalue weighted by molar-refractivity contribution is 7.95. The molecule has 0 bridgehead atoms. The van der Waals surface area contributed by atoms with Crippen molar-refractivity contribution < 1.29 is 26.7 Å². The maximum Gasteiger partial charge on any atom is 0.337 e. The van der Waals surface area contributed by atoms with Crippen molar-refractivity contribution >= 4 is 31.5 Å². The molecule has 0 saturated heterocycles. The normalized spacial score (nSPS) is 12.1. The van der Waals surface area contributed by atoms with Crippen LogP contribution in [0.25, 0.3) is 0 Å². The molecule has 1 aromatic heterocycles. The number of sulfonamides is 1. The second-order valence-corrected chi connectivity index (χ2v) is 7.88. The molecule has 8 nitrogen and oxygen atoms in total. The molecule has 0 atom stereocenters. The van der Waals surface area contributed by atoms with Crippen molar-refractivity contribution in [1.82, 2.24) is 4.98 Å². The van der Waals surface area contributed by atoms with Gasteiger partial charge in [-0.2, -0.15) is 0 Å². The van der Waals surface area contributed by atoms with Crippen LogP contribution in [0.2, 0.25) is 0 Å². The third kappa shape index (κ3) is 5.22. The Morgan fingerprint density at radius 3 is 2.47 bits per heavy atom. The zero-order chi connectivity index (χ0) is 14.7. The van der Waals surface area contributed by atoms with Crippen molar-refractivity contribution in [1.29, 1.82) is 0 Å². The van der Waals surface area contributed by atoms with Gasteiger partial charge < -0.3 is 5.11 Å². The molecular formula is C9H12N2O6S2. The van der Waals surface area contributed by atoms with Crippen molar-refractivity contribution in [2.75, 3.05) is 22.5 Å². The zero-order valence-corrected chi connectivity index (χ0v) is 11.5. The summed E-state index contributed by atoms with van der Waals surface area (Å²) in [5, 5.41) is 8.86. The van der Waals surface area contributed by atoms with E-state index in [1.807, 2.05) is 4.72 Å². The molecule has 1 heterocycles. The highest BCUT2D eigenvalue weighted by Crippen LogP contribution is 2.15. The quantitative estimate of drug-likeness (QED) is 0.728. The summed E-state index contributed by atoms with van der Waals surface area (Å²) >= 11 is 0. The largest absolute Gasteiger partial charge is 0.478 e. The molecule has 0 amide bonds. The van der Waals surface area contributed by atoms with Crippen LogP contribution in [0.5, 0.6) is 0 Å². The molecule has 0 spiro atoms. The minimum atomic E-state index is -3.96. The third-order valence-electron chi connectivity index (χ3n) is 2.04. The third-order valence-corrected chi connectivity index (χ3v) is 4.52. The number of carbonyl (C=O) groups is 1. The Bertz CT molecular complexity index is 680. The van der Waals surface area contributed by atoms with E-state index < -0.39 is 37.3 Å². The molecular weight excluding hydrogens is 296 g/mol. The molecule has 0 aliphatic rings. The first-order chi connectivity index (χ1) is 8.61. The van der Waals surface area contributed by atoms with Gasteiger partial charge in [-0.25, -0.2) is 21.6 Å². The van der Waals surface area contributed by atoms with Gasteiger partial charge >= 0.3 is 5.97 Å². The number of hydrogen-bond acceptors (Lipinski definition) is 6. The lowest BCUT2D eigenvalue weighted by molar-refractivity contribution is 0.0698. The van der Waals surface area contributed by atoms with E-state index in [0.717, 1.165) is 18.5 Å². The van der Waals surface area contributed by atoms with Crippen LogP contribution < -0.4 is 4.72 Å². The Labute approximate surface area is 110 Å². The van der Waals surface area contributed by atoms with Gasteiger partial charge in [0.15, 0.2) is 0 Å². The standard InChI is InChI=1S/C9H12N2O6S2/c1-18(14,15)4-5-19(16,17)11-8-6-10-3-2-7(8)9(12)13/h2-3,6,11H,4-5H2,1H3,(H,12,13). The summed E-state index contributed by atoms with van der Waals surface area (Å²) in [5.41, 5.74) is -0.471. The van der Waals surface area contributed by atoms with E-state index in [1.165, 1.54) is 6.20 Å². The predicted molar refractivity (Wildman–Crippen MR) is 68.3 cm³/mol. The molecule has 10 heteroatoms. The lowest BCUT2D eigenvalue weighted by atomic mass is 10.2. The van der Waals surface area contributed by atoms with E-state index in [-0.39, 0.29) is 11.3 Å². The van der Waals surface area contributed by atoms with Crippen LogP contribution in [0.1, 0.15) is 10.4 Å². The van der Waals surface area contributed by atoms with E-state index in [2.05, 4.69) is 4.98 Å². The number of aromatic nitrogens is 1. The first kappa shape index (κ1) is 15.4. The number of nitrogens with one attached hydrogen (secondary N) is 1. The van der Waals surface area contributed by atoms with E-state index in [1.54, 1.807) is 0 Å². The number of aromatic carboxylic acids is 1. The second-order valence-electron chi connectivity index (χ2n) is 3.78. The monoisotopic (exact) mass is 308 g/mol. The van der Waals surface area contributed by atoms with Gasteiger partial charge in [-0.3, -0.25) is 9.71 Å². The van der Waals surface area contributed by atoms with Crippen LogP contribution in [0.4, 0.5) is 5.69 Å². The summed E-state index contributed by atoms with van der Waals surface area (Å²) in [6, 6.07) is 1.14. The number of pyridine rings is 1. The van der Waals surface area contributed by atoms with E-state index >= 15 is 0 Å². The van der Waals surface area contributed by atoms with E-state index in [0.29, 0.717) is 0 Å². The smallest absolute Gasteiger partial charge is 0.337 e. The lowest BCUT2D eigenvalue weighted by Crippen LogP contribution is -2.23. The Morgan fingerprint density at radius 1 is 1.32 bits per heavy atom. The summed E-state index contributed by atoms with van der Waals surface area (Å²) in [6.45, 7) is 0. The highest BCUT2D eigenvalue weighted by Gasteiger charge is 2.18. The second kappa shape index (κ2) is 5.53. The van der Waals surface area contributed by atoms with Gasteiger partial charge in [-0.1, -0.05) is 0 Å². The summed E-state index contributed by atoms with van der Waals surface area (Å²) in [7, 11) is -7.38. The Morgan fingerprint density at radius 2 is 1.95 bits per heavy atom. The molecule has 0 aromatic carbocycles. The van der Waals surface area contributed by atoms with E-state index in [9.17, 15) is 21.6 Å². The first-order valence-electron chi connectivity index (χ1n) is 4.96. The molecule has 2 N–H and O–H groups in total. The van der Waals surface area contributed by atoms with Crippen LogP contribution in [-0.2, 0) is 19.9 Å². The minimum absolute atomic E-state index is 0.205. The first-order valence-corrected chi connectivity index (χ1v) is 8.67. The van der Waals surface area contributed by atoms with Crippen molar-refractivity contribution in [2.24, 2.45) is 0 Å². The van der Waals surface area contributed by atoms with Crippen LogP contribution in [-0.4, -0.2) is 50.7 Å². The molecule has 0 radical (unpaired) electrons. The van der Waals surface area contributed by atoms with Gasteiger partial charge in [-0.15, -0.1) is 0 Å². The molecule has 106 valence electrons. The van der Waals surface area contributed by atoms with E-state index in [4.69, 9.17) is 5.11 Å². The molecule has 0 aliphatic heterocycles. The summed E-state index contributed by atoms with van der Waals surface area (Å²) < 4.78 is 47.1. The average Bonchev–Trinajstić information content (AvgIpc) is 2.26. The fourth-order valence-corrected chi connectivity index (χ4v) is 3.83. The minimum Gasteiger partial charge on any atom is -0.478 e. The average molecular weight is 308 g/mol. The maximum absolute atomic E-state index is 11.6. The van der Waals surface area contributed by atoms with Crippen molar-refractivity contribution in [3.05, 3.63) is 24.0 Å². The molecule has 0 unspecified atom stereocenters. The predicted octanol–water partition coefficient (Wildman–Crippen LogP) is -0.434. The molecule has 1 aromatic rings. The number of sulfone groups is 1. The SMILES string of the molecule is CS(=O)(=O)CCS(=O)(=O)Nc1cnccc1C(=O)O. The van der Waals surface area contributed by atoms with Gasteiger partial charge in [0, 0.05) is 12.5 Å². The van der Waals surface area contributed by atoms with Gasteiger partial charge in [0.2, 0.25) is 10.0 Å². The van der Waals surface area contributed by atoms with Crippen molar-refractivity contribution in [3.63, 3.8) is 0 Å². The Kier molecular flexibility index (Phi) is 4.48. The Hall–Kier alpha value is -1.68. The molecule has 0 saturated carbocycles. The zero-order valence-electron chi connectivity index (χ0n) is 9.90.